The van der Waals surface area contributed by atoms with E-state index < -0.39 is 16.2 Å². The molecule has 1 aliphatic heterocycles. The third-order valence-electron chi connectivity index (χ3n) is 5.30. The van der Waals surface area contributed by atoms with E-state index in [4.69, 9.17) is 0 Å². The molecule has 0 atom stereocenters. The van der Waals surface area contributed by atoms with Crippen molar-refractivity contribution >= 4 is 33.1 Å². The zero-order valence-corrected chi connectivity index (χ0v) is 17.0. The SMILES string of the molecule is O=C(Cn1c(=O)c2sccc2n(Cc2cccc([N+](=O)[O-])c2)c1=O)N1CCCCC1. The molecule has 4 rings (SSSR count). The van der Waals surface area contributed by atoms with Crippen LogP contribution in [0.4, 0.5) is 5.69 Å². The van der Waals surface area contributed by atoms with E-state index >= 15 is 0 Å². The highest BCUT2D eigenvalue weighted by Gasteiger charge is 2.21. The molecule has 0 bridgehead atoms. The molecule has 156 valence electrons. The number of carbonyl (C=O) groups is 1. The van der Waals surface area contributed by atoms with Crippen molar-refractivity contribution in [2.24, 2.45) is 0 Å². The number of rotatable bonds is 5. The Labute approximate surface area is 174 Å². The van der Waals surface area contributed by atoms with Gasteiger partial charge in [0.2, 0.25) is 5.91 Å². The van der Waals surface area contributed by atoms with Gasteiger partial charge in [-0.2, -0.15) is 0 Å². The van der Waals surface area contributed by atoms with Gasteiger partial charge in [-0.3, -0.25) is 24.3 Å². The van der Waals surface area contributed by atoms with Gasteiger partial charge >= 0.3 is 5.69 Å². The van der Waals surface area contributed by atoms with Crippen molar-refractivity contribution in [3.63, 3.8) is 0 Å². The maximum absolute atomic E-state index is 13.2. The highest BCUT2D eigenvalue weighted by atomic mass is 32.1. The molecule has 0 saturated carbocycles. The van der Waals surface area contributed by atoms with E-state index in [1.807, 2.05) is 0 Å². The van der Waals surface area contributed by atoms with E-state index in [1.54, 1.807) is 28.5 Å². The molecular weight excluding hydrogens is 408 g/mol. The molecule has 30 heavy (non-hydrogen) atoms. The lowest BCUT2D eigenvalue weighted by Gasteiger charge is -2.26. The number of likely N-dealkylation sites (tertiary alicyclic amines) is 1. The van der Waals surface area contributed by atoms with E-state index in [1.165, 1.54) is 28.0 Å². The lowest BCUT2D eigenvalue weighted by Crippen LogP contribution is -2.45. The van der Waals surface area contributed by atoms with Gasteiger partial charge in [-0.25, -0.2) is 9.36 Å². The van der Waals surface area contributed by atoms with Gasteiger partial charge in [0.1, 0.15) is 11.2 Å². The molecule has 0 unspecified atom stereocenters. The summed E-state index contributed by atoms with van der Waals surface area (Å²) >= 11 is 1.21. The van der Waals surface area contributed by atoms with Crippen LogP contribution in [0, 0.1) is 10.1 Å². The second-order valence-corrected chi connectivity index (χ2v) is 8.18. The van der Waals surface area contributed by atoms with E-state index in [9.17, 15) is 24.5 Å². The zero-order valence-electron chi connectivity index (χ0n) is 16.2. The van der Waals surface area contributed by atoms with Crippen molar-refractivity contribution in [1.82, 2.24) is 14.0 Å². The molecule has 9 nitrogen and oxygen atoms in total. The summed E-state index contributed by atoms with van der Waals surface area (Å²) in [5.41, 5.74) is -0.126. The third-order valence-corrected chi connectivity index (χ3v) is 6.19. The number of hydrogen-bond acceptors (Lipinski definition) is 6. The summed E-state index contributed by atoms with van der Waals surface area (Å²) in [5, 5.41) is 12.8. The van der Waals surface area contributed by atoms with Crippen LogP contribution < -0.4 is 11.2 Å². The molecular formula is C20H20N4O5S. The molecule has 1 aromatic carbocycles. The number of amides is 1. The number of benzene rings is 1. The predicted molar refractivity (Wildman–Crippen MR) is 113 cm³/mol. The quantitative estimate of drug-likeness (QED) is 0.457. The number of carbonyl (C=O) groups excluding carboxylic acids is 1. The van der Waals surface area contributed by atoms with Gasteiger partial charge in [-0.05, 0) is 36.3 Å². The van der Waals surface area contributed by atoms with Crippen molar-refractivity contribution in [2.45, 2.75) is 32.4 Å². The van der Waals surface area contributed by atoms with Crippen LogP contribution >= 0.6 is 11.3 Å². The number of aromatic nitrogens is 2. The first-order chi connectivity index (χ1) is 14.5. The molecule has 1 fully saturated rings. The van der Waals surface area contributed by atoms with Crippen LogP contribution in [0.3, 0.4) is 0 Å². The molecule has 1 amide bonds. The smallest absolute Gasteiger partial charge is 0.332 e. The number of hydrogen-bond donors (Lipinski definition) is 0. The number of nitro benzene ring substituents is 1. The Morgan fingerprint density at radius 2 is 1.87 bits per heavy atom. The Hall–Kier alpha value is -3.27. The van der Waals surface area contributed by atoms with Gasteiger partial charge in [-0.1, -0.05) is 12.1 Å². The summed E-state index contributed by atoms with van der Waals surface area (Å²) < 4.78 is 2.76. The lowest BCUT2D eigenvalue weighted by molar-refractivity contribution is -0.384. The minimum atomic E-state index is -0.595. The van der Waals surface area contributed by atoms with Gasteiger partial charge in [0.25, 0.3) is 11.2 Å². The Balaban J connectivity index is 1.75. The van der Waals surface area contributed by atoms with Gasteiger partial charge in [0, 0.05) is 25.2 Å². The first-order valence-corrected chi connectivity index (χ1v) is 10.6. The molecule has 3 aromatic rings. The summed E-state index contributed by atoms with van der Waals surface area (Å²) in [7, 11) is 0. The number of fused-ring (bicyclic) bond motifs is 1. The van der Waals surface area contributed by atoms with Gasteiger partial charge in [-0.15, -0.1) is 11.3 Å². The van der Waals surface area contributed by atoms with E-state index in [-0.39, 0.29) is 24.7 Å². The fourth-order valence-electron chi connectivity index (χ4n) is 3.76. The summed E-state index contributed by atoms with van der Waals surface area (Å²) in [6, 6.07) is 7.70. The lowest BCUT2D eigenvalue weighted by atomic mass is 10.1. The summed E-state index contributed by atoms with van der Waals surface area (Å²) in [6.07, 6.45) is 2.91. The average molecular weight is 428 g/mol. The van der Waals surface area contributed by atoms with Crippen LogP contribution in [0.15, 0.2) is 45.3 Å². The highest BCUT2D eigenvalue weighted by Crippen LogP contribution is 2.19. The third kappa shape index (κ3) is 3.78. The molecule has 0 spiro atoms. The van der Waals surface area contributed by atoms with Crippen molar-refractivity contribution in [3.8, 4) is 0 Å². The fraction of sp³-hybridized carbons (Fsp3) is 0.350. The maximum Gasteiger partial charge on any atom is 0.332 e. The molecule has 10 heteroatoms. The van der Waals surface area contributed by atoms with Gasteiger partial charge in [0.15, 0.2) is 0 Å². The highest BCUT2D eigenvalue weighted by molar-refractivity contribution is 7.17. The minimum Gasteiger partial charge on any atom is -0.341 e. The van der Waals surface area contributed by atoms with E-state index in [2.05, 4.69) is 0 Å². The molecule has 3 heterocycles. The van der Waals surface area contributed by atoms with Crippen LogP contribution in [0.25, 0.3) is 10.2 Å². The molecule has 1 saturated heterocycles. The Morgan fingerprint density at radius 1 is 1.10 bits per heavy atom. The zero-order chi connectivity index (χ0) is 21.3. The molecule has 0 radical (unpaired) electrons. The maximum atomic E-state index is 13.2. The molecule has 1 aliphatic rings. The van der Waals surface area contributed by atoms with Gasteiger partial charge in [0.05, 0.1) is 17.0 Å². The summed E-state index contributed by atoms with van der Waals surface area (Å²) in [4.78, 5) is 51.0. The first kappa shape index (κ1) is 20.0. The Kier molecular flexibility index (Phi) is 5.49. The largest absolute Gasteiger partial charge is 0.341 e. The minimum absolute atomic E-state index is 0.0614. The van der Waals surface area contributed by atoms with Crippen LogP contribution in [0.5, 0.6) is 0 Å². The Bertz CT molecular complexity index is 1240. The predicted octanol–water partition coefficient (Wildman–Crippen LogP) is 2.19. The second-order valence-electron chi connectivity index (χ2n) is 7.26. The van der Waals surface area contributed by atoms with Crippen molar-refractivity contribution in [3.05, 3.63) is 72.2 Å². The molecule has 2 aromatic heterocycles. The number of nitro groups is 1. The van der Waals surface area contributed by atoms with Crippen LogP contribution in [-0.4, -0.2) is 38.0 Å². The van der Waals surface area contributed by atoms with Gasteiger partial charge < -0.3 is 4.90 Å². The number of thiophene rings is 1. The standard InChI is InChI=1S/C20H20N4O5S/c25-17(21-8-2-1-3-9-21)13-23-19(26)18-16(7-10-30-18)22(20(23)27)12-14-5-4-6-15(11-14)24(28)29/h4-7,10-11H,1-3,8-9,12-13H2. The molecule has 0 N–H and O–H groups in total. The molecule has 0 aliphatic carbocycles. The topological polar surface area (TPSA) is 107 Å². The number of nitrogens with zero attached hydrogens (tertiary/aromatic N) is 4. The Morgan fingerprint density at radius 3 is 2.60 bits per heavy atom. The summed E-state index contributed by atoms with van der Waals surface area (Å²) in [5.74, 6) is -0.244. The van der Waals surface area contributed by atoms with Crippen molar-refractivity contribution < 1.29 is 9.72 Å². The monoisotopic (exact) mass is 428 g/mol. The van der Waals surface area contributed by atoms with Crippen molar-refractivity contribution in [2.75, 3.05) is 13.1 Å². The second kappa shape index (κ2) is 8.23. The van der Waals surface area contributed by atoms with Crippen molar-refractivity contribution in [1.29, 1.82) is 0 Å². The average Bonchev–Trinajstić information content (AvgIpc) is 3.25. The normalized spacial score (nSPS) is 14.2. The van der Waals surface area contributed by atoms with Crippen LogP contribution in [0.1, 0.15) is 24.8 Å². The number of piperidine rings is 1. The van der Waals surface area contributed by atoms with E-state index in [0.717, 1.165) is 23.8 Å². The van der Waals surface area contributed by atoms with Crippen LogP contribution in [-0.2, 0) is 17.9 Å². The van der Waals surface area contributed by atoms with Crippen LogP contribution in [0.2, 0.25) is 0 Å². The fourth-order valence-corrected chi connectivity index (χ4v) is 4.60. The van der Waals surface area contributed by atoms with E-state index in [0.29, 0.717) is 28.9 Å². The first-order valence-electron chi connectivity index (χ1n) is 9.67. The summed E-state index contributed by atoms with van der Waals surface area (Å²) in [6.45, 7) is 1.03. The number of non-ortho nitro benzene ring substituents is 1.